The highest BCUT2D eigenvalue weighted by atomic mass is 16.6. The molecule has 0 fully saturated rings. The molecule has 2 rings (SSSR count). The fourth-order valence-corrected chi connectivity index (χ4v) is 4.65. The molecule has 242 valence electrons. The molecular weight excluding hydrogens is 560 g/mol. The number of carbonyl (C=O) groups excluding carboxylic acids is 3. The number of carboxylic acid groups (broad SMARTS) is 1. The van der Waals surface area contributed by atoms with Gasteiger partial charge in [-0.25, -0.2) is 4.79 Å². The van der Waals surface area contributed by atoms with Crippen molar-refractivity contribution in [3.63, 3.8) is 0 Å². The molecule has 5 N–H and O–H groups in total. The first kappa shape index (κ1) is 36.3. The largest absolute Gasteiger partial charge is 0.481 e. The Kier molecular flexibility index (Phi) is 16.0. The molecule has 0 saturated carbocycles. The molecule has 3 amide bonds. The first-order valence-corrected chi connectivity index (χ1v) is 15.6. The van der Waals surface area contributed by atoms with Gasteiger partial charge in [-0.1, -0.05) is 80.4 Å². The summed E-state index contributed by atoms with van der Waals surface area (Å²) in [6.45, 7) is 8.09. The number of amides is 3. The number of unbranched alkanes of at least 4 members (excludes halogenated alkanes) is 1. The molecule has 0 saturated heterocycles. The lowest BCUT2D eigenvalue weighted by Crippen LogP contribution is -2.55. The minimum atomic E-state index is -1.04. The van der Waals surface area contributed by atoms with Crippen molar-refractivity contribution in [1.82, 2.24) is 21.3 Å². The van der Waals surface area contributed by atoms with Gasteiger partial charge in [-0.15, -0.1) is 0 Å². The zero-order valence-corrected chi connectivity index (χ0v) is 26.6. The van der Waals surface area contributed by atoms with Crippen LogP contribution < -0.4 is 21.3 Å². The van der Waals surface area contributed by atoms with Gasteiger partial charge in [0.15, 0.2) is 0 Å². The SMILES string of the molecule is CCCC[C@H](NC[C@H](Cc1ccccc1)NC(=O)OC(C)(C)C)C(=O)N[C@@H](CCC(=O)O)C(=O)NCCCc1ccccc1. The molecule has 0 aliphatic carbocycles. The quantitative estimate of drug-likeness (QED) is 0.149. The molecule has 0 aliphatic rings. The van der Waals surface area contributed by atoms with Crippen molar-refractivity contribution < 1.29 is 29.0 Å². The molecule has 0 aliphatic heterocycles. The number of aliphatic carboxylic acids is 1. The van der Waals surface area contributed by atoms with Crippen LogP contribution in [0.5, 0.6) is 0 Å². The Hall–Kier alpha value is -3.92. The summed E-state index contributed by atoms with van der Waals surface area (Å²) >= 11 is 0. The zero-order chi connectivity index (χ0) is 32.4. The van der Waals surface area contributed by atoms with Gasteiger partial charge in [0.2, 0.25) is 11.8 Å². The normalized spacial score (nSPS) is 13.3. The van der Waals surface area contributed by atoms with Gasteiger partial charge in [-0.3, -0.25) is 14.4 Å². The number of benzene rings is 2. The van der Waals surface area contributed by atoms with E-state index in [1.165, 1.54) is 0 Å². The van der Waals surface area contributed by atoms with Crippen LogP contribution in [-0.2, 0) is 32.0 Å². The van der Waals surface area contributed by atoms with E-state index in [0.29, 0.717) is 25.8 Å². The van der Waals surface area contributed by atoms with Gasteiger partial charge in [0, 0.05) is 25.6 Å². The second kappa shape index (κ2) is 19.4. The van der Waals surface area contributed by atoms with Gasteiger partial charge < -0.3 is 31.1 Å². The number of ether oxygens (including phenoxy) is 1. The van der Waals surface area contributed by atoms with Crippen LogP contribution in [0.1, 0.15) is 77.3 Å². The van der Waals surface area contributed by atoms with Crippen LogP contribution in [0, 0.1) is 0 Å². The summed E-state index contributed by atoms with van der Waals surface area (Å²) < 4.78 is 5.47. The van der Waals surface area contributed by atoms with E-state index in [1.54, 1.807) is 20.8 Å². The average Bonchev–Trinajstić information content (AvgIpc) is 2.97. The van der Waals surface area contributed by atoms with Crippen LogP contribution in [0.3, 0.4) is 0 Å². The first-order chi connectivity index (χ1) is 21.0. The van der Waals surface area contributed by atoms with Crippen molar-refractivity contribution in [3.8, 4) is 0 Å². The van der Waals surface area contributed by atoms with Gasteiger partial charge in [-0.2, -0.15) is 0 Å². The standard InChI is InChI=1S/C34H50N4O6/c1-5-6-19-28(36-24-27(23-26-16-11-8-12-17-26)37-33(43)44-34(2,3)4)32(42)38-29(20-21-30(39)40)31(41)35-22-13-18-25-14-9-7-10-15-25/h7-12,14-17,27-29,36H,5-6,13,18-24H2,1-4H3,(H,35,41)(H,37,43)(H,38,42)(H,39,40)/t27-,28-,29-/m0/s1. The molecule has 2 aromatic carbocycles. The summed E-state index contributed by atoms with van der Waals surface area (Å²) in [5.74, 6) is -1.83. The monoisotopic (exact) mass is 610 g/mol. The lowest BCUT2D eigenvalue weighted by molar-refractivity contribution is -0.138. The molecule has 0 radical (unpaired) electrons. The summed E-state index contributed by atoms with van der Waals surface area (Å²) in [5, 5.41) is 21.1. The topological polar surface area (TPSA) is 146 Å². The second-order valence-electron chi connectivity index (χ2n) is 12.0. The fraction of sp³-hybridized carbons (Fsp3) is 0.529. The third kappa shape index (κ3) is 15.5. The Labute approximate surface area is 261 Å². The maximum absolute atomic E-state index is 13.5. The maximum atomic E-state index is 13.5. The Balaban J connectivity index is 2.06. The number of carbonyl (C=O) groups is 4. The van der Waals surface area contributed by atoms with Crippen LogP contribution in [0.2, 0.25) is 0 Å². The highest BCUT2D eigenvalue weighted by Crippen LogP contribution is 2.10. The van der Waals surface area contributed by atoms with Crippen molar-refractivity contribution in [1.29, 1.82) is 0 Å². The molecule has 44 heavy (non-hydrogen) atoms. The fourth-order valence-electron chi connectivity index (χ4n) is 4.65. The molecule has 0 bridgehead atoms. The molecule has 10 nitrogen and oxygen atoms in total. The van der Waals surface area contributed by atoms with Gasteiger partial charge >= 0.3 is 12.1 Å². The predicted octanol–water partition coefficient (Wildman–Crippen LogP) is 4.37. The van der Waals surface area contributed by atoms with Crippen molar-refractivity contribution in [3.05, 3.63) is 71.8 Å². The minimum Gasteiger partial charge on any atom is -0.481 e. The highest BCUT2D eigenvalue weighted by molar-refractivity contribution is 5.90. The van der Waals surface area contributed by atoms with Gasteiger partial charge in [0.25, 0.3) is 0 Å². The van der Waals surface area contributed by atoms with E-state index in [-0.39, 0.29) is 31.3 Å². The Morgan fingerprint density at radius 3 is 2.05 bits per heavy atom. The van der Waals surface area contributed by atoms with Crippen LogP contribution in [-0.4, -0.2) is 65.8 Å². The predicted molar refractivity (Wildman–Crippen MR) is 171 cm³/mol. The van der Waals surface area contributed by atoms with Gasteiger partial charge in [-0.05, 0) is 64.0 Å². The summed E-state index contributed by atoms with van der Waals surface area (Å²) in [4.78, 5) is 50.5. The number of hydrogen-bond donors (Lipinski definition) is 5. The van der Waals surface area contributed by atoms with Crippen molar-refractivity contribution in [2.24, 2.45) is 0 Å². The molecular formula is C34H50N4O6. The van der Waals surface area contributed by atoms with Gasteiger partial charge in [0.1, 0.15) is 11.6 Å². The van der Waals surface area contributed by atoms with Crippen molar-refractivity contribution in [2.75, 3.05) is 13.1 Å². The van der Waals surface area contributed by atoms with Crippen molar-refractivity contribution in [2.45, 2.75) is 103 Å². The Morgan fingerprint density at radius 1 is 0.818 bits per heavy atom. The zero-order valence-electron chi connectivity index (χ0n) is 26.6. The number of hydrogen-bond acceptors (Lipinski definition) is 6. The van der Waals surface area contributed by atoms with E-state index in [0.717, 1.165) is 30.4 Å². The van der Waals surface area contributed by atoms with E-state index >= 15 is 0 Å². The molecule has 2 aromatic rings. The highest BCUT2D eigenvalue weighted by Gasteiger charge is 2.27. The summed E-state index contributed by atoms with van der Waals surface area (Å²) in [7, 11) is 0. The second-order valence-corrected chi connectivity index (χ2v) is 12.0. The number of rotatable bonds is 19. The number of nitrogens with one attached hydrogen (secondary N) is 4. The van der Waals surface area contributed by atoms with E-state index in [2.05, 4.69) is 21.3 Å². The first-order valence-electron chi connectivity index (χ1n) is 15.6. The third-order valence-electron chi connectivity index (χ3n) is 6.88. The number of aryl methyl sites for hydroxylation is 1. The summed E-state index contributed by atoms with van der Waals surface area (Å²) in [6, 6.07) is 17.6. The molecule has 0 spiro atoms. The molecule has 0 unspecified atom stereocenters. The molecule has 10 heteroatoms. The third-order valence-corrected chi connectivity index (χ3v) is 6.88. The van der Waals surface area contributed by atoms with E-state index in [1.807, 2.05) is 67.6 Å². The Morgan fingerprint density at radius 2 is 1.45 bits per heavy atom. The lowest BCUT2D eigenvalue weighted by atomic mass is 10.0. The number of carboxylic acids is 1. The van der Waals surface area contributed by atoms with Crippen LogP contribution in [0.4, 0.5) is 4.79 Å². The average molecular weight is 611 g/mol. The van der Waals surface area contributed by atoms with E-state index in [9.17, 15) is 24.3 Å². The number of alkyl carbamates (subject to hydrolysis) is 1. The molecule has 0 heterocycles. The lowest BCUT2D eigenvalue weighted by Gasteiger charge is -2.27. The Bertz CT molecular complexity index is 1150. The maximum Gasteiger partial charge on any atom is 0.407 e. The smallest absolute Gasteiger partial charge is 0.407 e. The summed E-state index contributed by atoms with van der Waals surface area (Å²) in [6.07, 6.45) is 3.32. The van der Waals surface area contributed by atoms with E-state index < -0.39 is 35.7 Å². The molecule has 0 aromatic heterocycles. The van der Waals surface area contributed by atoms with Crippen LogP contribution in [0.15, 0.2) is 60.7 Å². The molecule has 3 atom stereocenters. The minimum absolute atomic E-state index is 0.0249. The summed E-state index contributed by atoms with van der Waals surface area (Å²) in [5.41, 5.74) is 1.52. The van der Waals surface area contributed by atoms with Gasteiger partial charge in [0.05, 0.1) is 6.04 Å². The van der Waals surface area contributed by atoms with Crippen LogP contribution in [0.25, 0.3) is 0 Å². The van der Waals surface area contributed by atoms with Crippen LogP contribution >= 0.6 is 0 Å². The van der Waals surface area contributed by atoms with E-state index in [4.69, 9.17) is 4.74 Å². The van der Waals surface area contributed by atoms with Crippen molar-refractivity contribution >= 4 is 23.9 Å².